The molecule has 0 spiro atoms. The second kappa shape index (κ2) is 5.32. The van der Waals surface area contributed by atoms with E-state index < -0.39 is 0 Å². The number of nitrogens with zero attached hydrogens (tertiary/aromatic N) is 3. The fraction of sp³-hybridized carbons (Fsp3) is 0.333. The molecule has 0 fully saturated rings. The molecule has 0 saturated heterocycles. The Labute approximate surface area is 122 Å². The Kier molecular flexibility index (Phi) is 3.53. The van der Waals surface area contributed by atoms with Crippen molar-refractivity contribution in [1.29, 1.82) is 0 Å². The molecule has 2 aromatic rings. The summed E-state index contributed by atoms with van der Waals surface area (Å²) in [5.41, 5.74) is 1.66. The first-order chi connectivity index (χ1) is 9.69. The fourth-order valence-electron chi connectivity index (χ4n) is 2.38. The van der Waals surface area contributed by atoms with Crippen molar-refractivity contribution in [2.45, 2.75) is 30.5 Å². The van der Waals surface area contributed by atoms with Gasteiger partial charge in [0, 0.05) is 29.4 Å². The van der Waals surface area contributed by atoms with E-state index in [1.54, 1.807) is 10.9 Å². The largest absolute Gasteiger partial charge is 0.306 e. The highest BCUT2D eigenvalue weighted by Gasteiger charge is 2.27. The van der Waals surface area contributed by atoms with Gasteiger partial charge in [0.2, 0.25) is 0 Å². The van der Waals surface area contributed by atoms with E-state index >= 15 is 0 Å². The molecule has 1 aliphatic rings. The molecular weight excluding hydrogens is 270 g/mol. The summed E-state index contributed by atoms with van der Waals surface area (Å²) < 4.78 is 1.78. The Hall–Kier alpha value is -1.75. The molecule has 3 rings (SSSR count). The number of para-hydroxylation sites is 1. The number of rotatable bonds is 2. The van der Waals surface area contributed by atoms with Gasteiger partial charge < -0.3 is 4.90 Å². The highest BCUT2D eigenvalue weighted by Crippen LogP contribution is 2.38. The van der Waals surface area contributed by atoms with Gasteiger partial charge in [-0.3, -0.25) is 9.48 Å². The molecule has 0 radical (unpaired) electrons. The zero-order chi connectivity index (χ0) is 14.1. The summed E-state index contributed by atoms with van der Waals surface area (Å²) in [6.07, 6.45) is 3.47. The number of amides is 1. The van der Waals surface area contributed by atoms with Crippen molar-refractivity contribution in [2.24, 2.45) is 0 Å². The van der Waals surface area contributed by atoms with Crippen LogP contribution in [0.25, 0.3) is 0 Å². The highest BCUT2D eigenvalue weighted by molar-refractivity contribution is 8.00. The zero-order valence-corrected chi connectivity index (χ0v) is 12.4. The number of thioether (sulfide) groups is 1. The maximum atomic E-state index is 12.7. The van der Waals surface area contributed by atoms with Gasteiger partial charge >= 0.3 is 0 Å². The van der Waals surface area contributed by atoms with Crippen LogP contribution < -0.4 is 4.90 Å². The summed E-state index contributed by atoms with van der Waals surface area (Å²) in [5, 5.41) is 4.59. The lowest BCUT2D eigenvalue weighted by Gasteiger charge is -2.32. The number of aromatic nitrogens is 2. The second-order valence-electron chi connectivity index (χ2n) is 4.90. The number of aryl methyl sites for hydroxylation is 1. The third kappa shape index (κ3) is 2.33. The molecule has 104 valence electrons. The average Bonchev–Trinajstić information content (AvgIpc) is 2.94. The van der Waals surface area contributed by atoms with Crippen LogP contribution in [0.4, 0.5) is 5.69 Å². The number of carbonyl (C=O) groups excluding carboxylic acids is 1. The van der Waals surface area contributed by atoms with Crippen molar-refractivity contribution in [3.05, 3.63) is 42.2 Å². The average molecular weight is 287 g/mol. The highest BCUT2D eigenvalue weighted by atomic mass is 32.2. The van der Waals surface area contributed by atoms with Crippen LogP contribution in [0, 0.1) is 0 Å². The number of hydrogen-bond acceptors (Lipinski definition) is 3. The molecule has 20 heavy (non-hydrogen) atoms. The molecule has 0 N–H and O–H groups in total. The van der Waals surface area contributed by atoms with Crippen molar-refractivity contribution in [2.75, 3.05) is 11.4 Å². The maximum Gasteiger partial charge on any atom is 0.261 e. The number of anilines is 1. The summed E-state index contributed by atoms with van der Waals surface area (Å²) >= 11 is 1.82. The molecule has 1 aliphatic heterocycles. The molecule has 1 unspecified atom stereocenters. The number of fused-ring (bicyclic) bond motifs is 1. The number of benzene rings is 1. The van der Waals surface area contributed by atoms with Gasteiger partial charge in [-0.2, -0.15) is 5.10 Å². The minimum Gasteiger partial charge on any atom is -0.306 e. The summed E-state index contributed by atoms with van der Waals surface area (Å²) in [5.74, 6) is 0.0318. The van der Waals surface area contributed by atoms with Crippen LogP contribution in [0.5, 0.6) is 0 Å². The summed E-state index contributed by atoms with van der Waals surface area (Å²) in [7, 11) is 0. The Morgan fingerprint density at radius 1 is 1.45 bits per heavy atom. The molecular formula is C15H17N3OS. The van der Waals surface area contributed by atoms with Gasteiger partial charge in [0.1, 0.15) is 0 Å². The molecule has 1 amide bonds. The van der Waals surface area contributed by atoms with Crippen molar-refractivity contribution in [3.8, 4) is 0 Å². The van der Waals surface area contributed by atoms with Crippen LogP contribution in [0.15, 0.2) is 41.6 Å². The van der Waals surface area contributed by atoms with Crippen LogP contribution in [0.1, 0.15) is 24.2 Å². The van der Waals surface area contributed by atoms with E-state index in [9.17, 15) is 4.79 Å². The van der Waals surface area contributed by atoms with Gasteiger partial charge in [-0.1, -0.05) is 19.1 Å². The van der Waals surface area contributed by atoms with Crippen LogP contribution in [0.2, 0.25) is 0 Å². The topological polar surface area (TPSA) is 38.1 Å². The van der Waals surface area contributed by atoms with Gasteiger partial charge in [0.05, 0.1) is 17.4 Å². The van der Waals surface area contributed by atoms with E-state index in [-0.39, 0.29) is 5.91 Å². The third-order valence-electron chi connectivity index (χ3n) is 3.37. The SMILES string of the molecule is CCn1cc(C(=O)N2CC(C)Sc3ccccc32)cn1. The van der Waals surface area contributed by atoms with Crippen molar-refractivity contribution in [3.63, 3.8) is 0 Å². The fourth-order valence-corrected chi connectivity index (χ4v) is 3.50. The van der Waals surface area contributed by atoms with Crippen molar-refractivity contribution in [1.82, 2.24) is 9.78 Å². The minimum atomic E-state index is 0.0318. The normalized spacial score (nSPS) is 17.9. The Bertz CT molecular complexity index is 638. The van der Waals surface area contributed by atoms with E-state index in [2.05, 4.69) is 18.1 Å². The smallest absolute Gasteiger partial charge is 0.261 e. The Balaban J connectivity index is 1.95. The Morgan fingerprint density at radius 3 is 3.00 bits per heavy atom. The van der Waals surface area contributed by atoms with Crippen LogP contribution in [-0.2, 0) is 6.54 Å². The van der Waals surface area contributed by atoms with Crippen LogP contribution >= 0.6 is 11.8 Å². The Morgan fingerprint density at radius 2 is 2.25 bits per heavy atom. The summed E-state index contributed by atoms with van der Waals surface area (Å²) in [4.78, 5) is 15.7. The number of carbonyl (C=O) groups is 1. The number of hydrogen-bond donors (Lipinski definition) is 0. The van der Waals surface area contributed by atoms with Gasteiger partial charge in [-0.15, -0.1) is 11.8 Å². The molecule has 5 heteroatoms. The molecule has 1 aromatic carbocycles. The molecule has 4 nitrogen and oxygen atoms in total. The lowest BCUT2D eigenvalue weighted by Crippen LogP contribution is -2.38. The van der Waals surface area contributed by atoms with E-state index in [1.807, 2.05) is 48.0 Å². The summed E-state index contributed by atoms with van der Waals surface area (Å²) in [6, 6.07) is 8.08. The third-order valence-corrected chi connectivity index (χ3v) is 4.52. The van der Waals surface area contributed by atoms with Crippen LogP contribution in [0.3, 0.4) is 0 Å². The first kappa shape index (κ1) is 13.2. The zero-order valence-electron chi connectivity index (χ0n) is 11.6. The molecule has 1 atom stereocenters. The first-order valence-electron chi connectivity index (χ1n) is 6.79. The molecule has 0 bridgehead atoms. The maximum absolute atomic E-state index is 12.7. The van der Waals surface area contributed by atoms with Gasteiger partial charge in [-0.25, -0.2) is 0 Å². The van der Waals surface area contributed by atoms with Crippen molar-refractivity contribution >= 4 is 23.4 Å². The van der Waals surface area contributed by atoms with Gasteiger partial charge in [0.15, 0.2) is 0 Å². The first-order valence-corrected chi connectivity index (χ1v) is 7.67. The standard InChI is InChI=1S/C15H17N3OS/c1-3-17-10-12(8-16-17)15(19)18-9-11(2)20-14-7-5-4-6-13(14)18/h4-8,10-11H,3,9H2,1-2H3. The van der Waals surface area contributed by atoms with Gasteiger partial charge in [0.25, 0.3) is 5.91 Å². The molecule has 0 saturated carbocycles. The summed E-state index contributed by atoms with van der Waals surface area (Å²) in [6.45, 7) is 5.67. The monoisotopic (exact) mass is 287 g/mol. The predicted molar refractivity (Wildman–Crippen MR) is 81.3 cm³/mol. The van der Waals surface area contributed by atoms with Crippen molar-refractivity contribution < 1.29 is 4.79 Å². The van der Waals surface area contributed by atoms with E-state index in [0.29, 0.717) is 10.8 Å². The van der Waals surface area contributed by atoms with E-state index in [4.69, 9.17) is 0 Å². The predicted octanol–water partition coefficient (Wildman–Crippen LogP) is 3.04. The van der Waals surface area contributed by atoms with E-state index in [1.165, 1.54) is 4.90 Å². The van der Waals surface area contributed by atoms with E-state index in [0.717, 1.165) is 18.8 Å². The molecule has 0 aliphatic carbocycles. The molecule has 2 heterocycles. The lowest BCUT2D eigenvalue weighted by atomic mass is 10.2. The molecule has 1 aromatic heterocycles. The quantitative estimate of drug-likeness (QED) is 0.852. The van der Waals surface area contributed by atoms with Gasteiger partial charge in [-0.05, 0) is 19.1 Å². The minimum absolute atomic E-state index is 0.0318. The lowest BCUT2D eigenvalue weighted by molar-refractivity contribution is 0.0986. The second-order valence-corrected chi connectivity index (χ2v) is 6.38. The van der Waals surface area contributed by atoms with Crippen LogP contribution in [-0.4, -0.2) is 27.5 Å².